The molecule has 8 heteroatoms. The normalized spacial score (nSPS) is 38.6. The predicted molar refractivity (Wildman–Crippen MR) is 121 cm³/mol. The van der Waals surface area contributed by atoms with Gasteiger partial charge in [0.05, 0.1) is 17.6 Å². The molecule has 0 spiro atoms. The Balaban J connectivity index is 1.66. The van der Waals surface area contributed by atoms with E-state index in [0.29, 0.717) is 36.9 Å². The van der Waals surface area contributed by atoms with Gasteiger partial charge in [0, 0.05) is 43.0 Å². The van der Waals surface area contributed by atoms with Crippen molar-refractivity contribution < 1.29 is 33.7 Å². The van der Waals surface area contributed by atoms with E-state index in [0.717, 1.165) is 37.9 Å². The third-order valence-corrected chi connectivity index (χ3v) is 9.05. The van der Waals surface area contributed by atoms with Crippen LogP contribution in [0.5, 0.6) is 0 Å². The number of carbonyl (C=O) groups is 3. The monoisotopic (exact) mass is 471 g/mol. The first-order valence-corrected chi connectivity index (χ1v) is 12.2. The van der Waals surface area contributed by atoms with Gasteiger partial charge in [0.25, 0.3) is 6.47 Å². The van der Waals surface area contributed by atoms with E-state index in [1.165, 1.54) is 0 Å². The maximum Gasteiger partial charge on any atom is 0.340 e. The molecule has 2 saturated heterocycles. The van der Waals surface area contributed by atoms with Crippen LogP contribution >= 0.6 is 0 Å². The number of fused-ring (bicyclic) bond motifs is 4. The number of nitrogens with zero attached hydrogens (tertiary/aromatic N) is 1. The number of aliphatic hydroxyl groups excluding tert-OH is 1. The van der Waals surface area contributed by atoms with Crippen LogP contribution in [0.25, 0.3) is 0 Å². The van der Waals surface area contributed by atoms with Crippen molar-refractivity contribution >= 4 is 18.2 Å². The van der Waals surface area contributed by atoms with Crippen molar-refractivity contribution in [3.05, 3.63) is 34.3 Å². The highest BCUT2D eigenvalue weighted by atomic mass is 16.6. The van der Waals surface area contributed by atoms with Gasteiger partial charge < -0.3 is 24.2 Å². The fourth-order valence-corrected chi connectivity index (χ4v) is 7.21. The van der Waals surface area contributed by atoms with Crippen LogP contribution in [0.15, 0.2) is 34.3 Å². The first-order valence-electron chi connectivity index (χ1n) is 12.2. The second kappa shape index (κ2) is 8.26. The van der Waals surface area contributed by atoms with E-state index in [-0.39, 0.29) is 35.4 Å². The standard InChI is InChI=1S/C26H33NO7/c1-25-9-8-17-20(16(25)6-7-18(25)33-14-28)22(29)23(30)21-15(12-27-10-4-5-11-27)24(31)34-19(13-32-3)26(17,21)2/h12,14,16,18-19,30H,4-11,13H2,1-3H3/b15-12+/t16?,18-,19+,25-,26-/m0/s1. The number of esters is 1. The third-order valence-electron chi connectivity index (χ3n) is 9.05. The largest absolute Gasteiger partial charge is 0.504 e. The summed E-state index contributed by atoms with van der Waals surface area (Å²) in [5.41, 5.74) is 0.892. The van der Waals surface area contributed by atoms with Gasteiger partial charge in [-0.05, 0) is 56.9 Å². The van der Waals surface area contributed by atoms with Crippen molar-refractivity contribution in [2.75, 3.05) is 26.8 Å². The second-order valence-electron chi connectivity index (χ2n) is 10.6. The number of aliphatic hydroxyl groups is 1. The molecular weight excluding hydrogens is 438 g/mol. The molecule has 1 unspecified atom stereocenters. The number of Topliss-reactive ketones (excluding diaryl/α,β-unsaturated/α-hetero) is 1. The summed E-state index contributed by atoms with van der Waals surface area (Å²) in [7, 11) is 1.55. The maximum absolute atomic E-state index is 13.8. The Morgan fingerprint density at radius 1 is 1.21 bits per heavy atom. The number of ether oxygens (including phenoxy) is 3. The Bertz CT molecular complexity index is 1020. The van der Waals surface area contributed by atoms with Gasteiger partial charge in [-0.15, -0.1) is 0 Å². The molecule has 5 rings (SSSR count). The van der Waals surface area contributed by atoms with Crippen LogP contribution in [-0.4, -0.2) is 67.2 Å². The molecule has 184 valence electrons. The zero-order chi connectivity index (χ0) is 24.3. The number of ketones is 1. The zero-order valence-corrected chi connectivity index (χ0v) is 20.1. The molecular formula is C26H33NO7. The Morgan fingerprint density at radius 3 is 2.62 bits per heavy atom. The molecule has 2 heterocycles. The Morgan fingerprint density at radius 2 is 1.94 bits per heavy atom. The van der Waals surface area contributed by atoms with Crippen LogP contribution < -0.4 is 0 Å². The molecule has 1 saturated carbocycles. The van der Waals surface area contributed by atoms with Gasteiger partial charge in [0.1, 0.15) is 12.2 Å². The van der Waals surface area contributed by atoms with Crippen LogP contribution in [-0.2, 0) is 28.6 Å². The number of likely N-dealkylation sites (tertiary alicyclic amines) is 1. The van der Waals surface area contributed by atoms with Gasteiger partial charge in [-0.3, -0.25) is 9.59 Å². The van der Waals surface area contributed by atoms with Gasteiger partial charge in [0.2, 0.25) is 5.78 Å². The minimum atomic E-state index is -0.881. The molecule has 3 fully saturated rings. The number of methoxy groups -OCH3 is 1. The number of allylic oxidation sites excluding steroid dienone is 1. The smallest absolute Gasteiger partial charge is 0.340 e. The van der Waals surface area contributed by atoms with E-state index in [9.17, 15) is 19.5 Å². The number of cyclic esters (lactones) is 1. The van der Waals surface area contributed by atoms with Crippen LogP contribution in [0, 0.1) is 16.7 Å². The van der Waals surface area contributed by atoms with Crippen LogP contribution in [0.4, 0.5) is 0 Å². The highest BCUT2D eigenvalue weighted by Gasteiger charge is 2.61. The van der Waals surface area contributed by atoms with Gasteiger partial charge in [0.15, 0.2) is 5.76 Å². The van der Waals surface area contributed by atoms with E-state index in [1.807, 2.05) is 6.92 Å². The Labute approximate surface area is 199 Å². The Kier molecular flexibility index (Phi) is 5.62. The quantitative estimate of drug-likeness (QED) is 0.371. The Hall–Kier alpha value is -2.61. The number of hydrogen-bond acceptors (Lipinski definition) is 8. The van der Waals surface area contributed by atoms with Crippen molar-refractivity contribution in [3.8, 4) is 0 Å². The summed E-state index contributed by atoms with van der Waals surface area (Å²) in [5, 5.41) is 11.4. The summed E-state index contributed by atoms with van der Waals surface area (Å²) >= 11 is 0. The molecule has 34 heavy (non-hydrogen) atoms. The lowest BCUT2D eigenvalue weighted by Gasteiger charge is -2.52. The second-order valence-corrected chi connectivity index (χ2v) is 10.6. The van der Waals surface area contributed by atoms with Gasteiger partial charge in [-0.2, -0.15) is 0 Å². The van der Waals surface area contributed by atoms with Crippen molar-refractivity contribution in [2.24, 2.45) is 16.7 Å². The first kappa shape index (κ1) is 23.1. The van der Waals surface area contributed by atoms with Crippen molar-refractivity contribution in [2.45, 2.75) is 64.6 Å². The lowest BCUT2D eigenvalue weighted by Crippen LogP contribution is -2.53. The number of rotatable bonds is 5. The summed E-state index contributed by atoms with van der Waals surface area (Å²) < 4.78 is 16.8. The van der Waals surface area contributed by atoms with Crippen LogP contribution in [0.2, 0.25) is 0 Å². The van der Waals surface area contributed by atoms with Crippen LogP contribution in [0.3, 0.4) is 0 Å². The highest BCUT2D eigenvalue weighted by molar-refractivity contribution is 6.12. The van der Waals surface area contributed by atoms with Crippen molar-refractivity contribution in [1.82, 2.24) is 4.90 Å². The fraction of sp³-hybridized carbons (Fsp3) is 0.654. The molecule has 5 atom stereocenters. The molecule has 0 aromatic heterocycles. The summed E-state index contributed by atoms with van der Waals surface area (Å²) in [4.78, 5) is 40.1. The molecule has 8 nitrogen and oxygen atoms in total. The molecule has 3 aliphatic carbocycles. The number of carbonyl (C=O) groups excluding carboxylic acids is 3. The van der Waals surface area contributed by atoms with Gasteiger partial charge in [-0.1, -0.05) is 6.92 Å². The summed E-state index contributed by atoms with van der Waals surface area (Å²) in [5.74, 6) is -1.45. The average molecular weight is 472 g/mol. The van der Waals surface area contributed by atoms with E-state index >= 15 is 0 Å². The first-order chi connectivity index (χ1) is 16.3. The van der Waals surface area contributed by atoms with E-state index in [2.05, 4.69) is 11.8 Å². The molecule has 1 N–H and O–H groups in total. The van der Waals surface area contributed by atoms with Crippen molar-refractivity contribution in [1.29, 1.82) is 0 Å². The predicted octanol–water partition coefficient (Wildman–Crippen LogP) is 2.99. The molecule has 0 radical (unpaired) electrons. The highest BCUT2D eigenvalue weighted by Crippen LogP contribution is 2.63. The summed E-state index contributed by atoms with van der Waals surface area (Å²) in [6.45, 7) is 6.32. The molecule has 0 amide bonds. The summed E-state index contributed by atoms with van der Waals surface area (Å²) in [6.07, 6.45) is 5.61. The van der Waals surface area contributed by atoms with Crippen molar-refractivity contribution in [3.63, 3.8) is 0 Å². The third kappa shape index (κ3) is 3.10. The topological polar surface area (TPSA) is 102 Å². The summed E-state index contributed by atoms with van der Waals surface area (Å²) in [6, 6.07) is 0. The maximum atomic E-state index is 13.8. The molecule has 2 aliphatic heterocycles. The van der Waals surface area contributed by atoms with E-state index in [4.69, 9.17) is 14.2 Å². The SMILES string of the molecule is COC[C@H]1OC(=O)/C(=C/N2CCCC2)C2=C(O)C(=O)C3=C(CC[C@@]4(C)C3CC[C@@H]4OC=O)[C@]21C. The lowest BCUT2D eigenvalue weighted by molar-refractivity contribution is -0.156. The lowest BCUT2D eigenvalue weighted by atomic mass is 9.54. The molecule has 5 aliphatic rings. The molecule has 0 aromatic rings. The minimum absolute atomic E-state index is 0.138. The molecule has 0 aromatic carbocycles. The van der Waals surface area contributed by atoms with Gasteiger partial charge in [-0.25, -0.2) is 4.79 Å². The van der Waals surface area contributed by atoms with Crippen LogP contribution in [0.1, 0.15) is 52.4 Å². The number of hydrogen-bond donors (Lipinski definition) is 1. The van der Waals surface area contributed by atoms with E-state index < -0.39 is 23.3 Å². The average Bonchev–Trinajstić information content (AvgIpc) is 3.43. The molecule has 0 bridgehead atoms. The van der Waals surface area contributed by atoms with Gasteiger partial charge >= 0.3 is 5.97 Å². The van der Waals surface area contributed by atoms with E-state index in [1.54, 1.807) is 13.3 Å². The fourth-order valence-electron chi connectivity index (χ4n) is 7.21. The zero-order valence-electron chi connectivity index (χ0n) is 20.1. The minimum Gasteiger partial charge on any atom is -0.504 e.